The zero-order valence-corrected chi connectivity index (χ0v) is 16.2. The molecule has 4 heteroatoms. The van der Waals surface area contributed by atoms with E-state index >= 15 is 0 Å². The molecule has 4 rings (SSSR count). The number of nitrogens with zero attached hydrogens (tertiary/aromatic N) is 1. The maximum atomic E-state index is 12.5. The van der Waals surface area contributed by atoms with Crippen LogP contribution in [0.15, 0.2) is 91.3 Å². The average Bonchev–Trinajstić information content (AvgIpc) is 2.76. The van der Waals surface area contributed by atoms with Crippen LogP contribution in [0.2, 0.25) is 0 Å². The highest BCUT2D eigenvalue weighted by molar-refractivity contribution is 5.94. The molecular formula is C25H22N2O2. The van der Waals surface area contributed by atoms with Gasteiger partial charge < -0.3 is 10.1 Å². The highest BCUT2D eigenvalue weighted by Crippen LogP contribution is 2.22. The third-order valence-corrected chi connectivity index (χ3v) is 4.78. The monoisotopic (exact) mass is 382 g/mol. The number of amides is 1. The van der Waals surface area contributed by atoms with E-state index in [0.717, 1.165) is 22.9 Å². The highest BCUT2D eigenvalue weighted by Gasteiger charge is 2.15. The third-order valence-electron chi connectivity index (χ3n) is 4.78. The minimum atomic E-state index is -0.604. The molecule has 1 aromatic heterocycles. The van der Waals surface area contributed by atoms with Crippen molar-refractivity contribution in [3.8, 4) is 5.75 Å². The van der Waals surface area contributed by atoms with Gasteiger partial charge in [-0.25, -0.2) is 0 Å². The second-order valence-electron chi connectivity index (χ2n) is 6.99. The first kappa shape index (κ1) is 18.7. The molecule has 1 atom stereocenters. The van der Waals surface area contributed by atoms with Crippen molar-refractivity contribution in [2.75, 3.05) is 5.32 Å². The van der Waals surface area contributed by atoms with Crippen LogP contribution in [0.4, 0.5) is 5.69 Å². The van der Waals surface area contributed by atoms with Gasteiger partial charge in [-0.3, -0.25) is 9.78 Å². The van der Waals surface area contributed by atoms with Crippen molar-refractivity contribution in [1.82, 2.24) is 4.98 Å². The van der Waals surface area contributed by atoms with Gasteiger partial charge in [-0.15, -0.1) is 0 Å². The number of benzene rings is 3. The minimum Gasteiger partial charge on any atom is -0.481 e. The van der Waals surface area contributed by atoms with Crippen molar-refractivity contribution in [2.45, 2.75) is 19.4 Å². The number of hydrogen-bond acceptors (Lipinski definition) is 3. The molecule has 3 aromatic carbocycles. The van der Waals surface area contributed by atoms with Crippen molar-refractivity contribution < 1.29 is 9.53 Å². The topological polar surface area (TPSA) is 51.2 Å². The van der Waals surface area contributed by atoms with Crippen LogP contribution in [0.3, 0.4) is 0 Å². The van der Waals surface area contributed by atoms with Crippen LogP contribution in [-0.2, 0) is 11.2 Å². The van der Waals surface area contributed by atoms with Crippen molar-refractivity contribution in [2.24, 2.45) is 0 Å². The lowest BCUT2D eigenvalue weighted by Crippen LogP contribution is -2.30. The number of ether oxygens (including phenoxy) is 1. The number of carbonyl (C=O) groups is 1. The summed E-state index contributed by atoms with van der Waals surface area (Å²) in [6, 6.07) is 25.8. The van der Waals surface area contributed by atoms with Gasteiger partial charge in [0.15, 0.2) is 6.10 Å². The van der Waals surface area contributed by atoms with E-state index in [1.807, 2.05) is 78.9 Å². The van der Waals surface area contributed by atoms with Crippen LogP contribution in [0.1, 0.15) is 18.1 Å². The van der Waals surface area contributed by atoms with Crippen LogP contribution in [0, 0.1) is 0 Å². The highest BCUT2D eigenvalue weighted by atomic mass is 16.5. The van der Waals surface area contributed by atoms with Gasteiger partial charge in [-0.2, -0.15) is 0 Å². The first-order chi connectivity index (χ1) is 14.2. The van der Waals surface area contributed by atoms with Crippen molar-refractivity contribution >= 4 is 22.4 Å². The summed E-state index contributed by atoms with van der Waals surface area (Å²) in [6.45, 7) is 1.75. The van der Waals surface area contributed by atoms with Gasteiger partial charge in [0, 0.05) is 18.1 Å². The van der Waals surface area contributed by atoms with E-state index in [-0.39, 0.29) is 5.91 Å². The number of hydrogen-bond donors (Lipinski definition) is 1. The molecule has 4 nitrogen and oxygen atoms in total. The normalized spacial score (nSPS) is 11.8. The zero-order chi connectivity index (χ0) is 20.1. The lowest BCUT2D eigenvalue weighted by Gasteiger charge is -2.15. The molecule has 0 aliphatic carbocycles. The van der Waals surface area contributed by atoms with E-state index in [9.17, 15) is 4.79 Å². The fourth-order valence-electron chi connectivity index (χ4n) is 3.18. The van der Waals surface area contributed by atoms with Gasteiger partial charge in [0.25, 0.3) is 5.91 Å². The van der Waals surface area contributed by atoms with Crippen LogP contribution < -0.4 is 10.1 Å². The van der Waals surface area contributed by atoms with Crippen LogP contribution in [0.5, 0.6) is 5.75 Å². The number of rotatable bonds is 6. The standard InChI is InChI=1S/C25H22N2O2/c1-18(29-24-11-8-21-4-2-3-5-22(21)17-24)25(28)27-23-9-6-19(7-10-23)16-20-12-14-26-15-13-20/h2-15,17-18H,16H2,1H3,(H,27,28)/t18-/m0/s1. The number of fused-ring (bicyclic) bond motifs is 1. The Kier molecular flexibility index (Phi) is 5.52. The van der Waals surface area contributed by atoms with E-state index in [4.69, 9.17) is 4.74 Å². The number of pyridine rings is 1. The van der Waals surface area contributed by atoms with E-state index in [1.54, 1.807) is 19.3 Å². The lowest BCUT2D eigenvalue weighted by molar-refractivity contribution is -0.122. The molecule has 1 heterocycles. The predicted molar refractivity (Wildman–Crippen MR) is 116 cm³/mol. The molecule has 0 unspecified atom stereocenters. The Morgan fingerprint density at radius 3 is 2.34 bits per heavy atom. The largest absolute Gasteiger partial charge is 0.481 e. The molecule has 0 saturated heterocycles. The molecule has 0 radical (unpaired) electrons. The SMILES string of the molecule is C[C@H](Oc1ccc2ccccc2c1)C(=O)Nc1ccc(Cc2ccncc2)cc1. The molecule has 0 aliphatic rings. The Morgan fingerprint density at radius 1 is 0.897 bits per heavy atom. The molecule has 29 heavy (non-hydrogen) atoms. The zero-order valence-electron chi connectivity index (χ0n) is 16.2. The first-order valence-corrected chi connectivity index (χ1v) is 9.61. The predicted octanol–water partition coefficient (Wildman–Crippen LogP) is 5.23. The van der Waals surface area contributed by atoms with Crippen molar-refractivity contribution in [3.05, 3.63) is 102 Å². The Morgan fingerprint density at radius 2 is 1.59 bits per heavy atom. The fraction of sp³-hybridized carbons (Fsp3) is 0.120. The van der Waals surface area contributed by atoms with E-state index in [2.05, 4.69) is 10.3 Å². The molecule has 1 amide bonds. The van der Waals surface area contributed by atoms with Gasteiger partial charge in [-0.05, 0) is 71.6 Å². The quantitative estimate of drug-likeness (QED) is 0.497. The molecule has 144 valence electrons. The minimum absolute atomic E-state index is 0.181. The summed E-state index contributed by atoms with van der Waals surface area (Å²) in [5.41, 5.74) is 3.13. The summed E-state index contributed by atoms with van der Waals surface area (Å²) in [4.78, 5) is 16.5. The second-order valence-corrected chi connectivity index (χ2v) is 6.99. The van der Waals surface area contributed by atoms with Gasteiger partial charge in [0.05, 0.1) is 0 Å². The molecule has 1 N–H and O–H groups in total. The summed E-state index contributed by atoms with van der Waals surface area (Å²) in [6.07, 6.45) is 3.81. The maximum Gasteiger partial charge on any atom is 0.265 e. The Hall–Kier alpha value is -3.66. The van der Waals surface area contributed by atoms with Crippen LogP contribution in [-0.4, -0.2) is 17.0 Å². The van der Waals surface area contributed by atoms with Crippen LogP contribution in [0.25, 0.3) is 10.8 Å². The average molecular weight is 382 g/mol. The van der Waals surface area contributed by atoms with Gasteiger partial charge in [-0.1, -0.05) is 42.5 Å². The Bertz CT molecular complexity index is 1110. The number of nitrogens with one attached hydrogen (secondary N) is 1. The van der Waals surface area contributed by atoms with Gasteiger partial charge in [0.1, 0.15) is 5.75 Å². The first-order valence-electron chi connectivity index (χ1n) is 9.61. The van der Waals surface area contributed by atoms with Crippen molar-refractivity contribution in [1.29, 1.82) is 0 Å². The third kappa shape index (κ3) is 4.79. The molecule has 0 bridgehead atoms. The molecule has 0 fully saturated rings. The fourth-order valence-corrected chi connectivity index (χ4v) is 3.18. The molecule has 0 saturated carbocycles. The summed E-state index contributed by atoms with van der Waals surface area (Å²) in [5.74, 6) is 0.499. The number of carbonyl (C=O) groups excluding carboxylic acids is 1. The van der Waals surface area contributed by atoms with E-state index < -0.39 is 6.10 Å². The van der Waals surface area contributed by atoms with E-state index in [1.165, 1.54) is 11.1 Å². The second kappa shape index (κ2) is 8.57. The summed E-state index contributed by atoms with van der Waals surface area (Å²) in [7, 11) is 0. The van der Waals surface area contributed by atoms with Gasteiger partial charge in [0.2, 0.25) is 0 Å². The lowest BCUT2D eigenvalue weighted by atomic mass is 10.1. The molecular weight excluding hydrogens is 360 g/mol. The van der Waals surface area contributed by atoms with E-state index in [0.29, 0.717) is 5.75 Å². The van der Waals surface area contributed by atoms with Crippen molar-refractivity contribution in [3.63, 3.8) is 0 Å². The summed E-state index contributed by atoms with van der Waals surface area (Å²) in [5, 5.41) is 5.14. The summed E-state index contributed by atoms with van der Waals surface area (Å²) < 4.78 is 5.84. The Labute approximate surface area is 170 Å². The molecule has 0 aliphatic heterocycles. The van der Waals surface area contributed by atoms with Crippen LogP contribution >= 0.6 is 0 Å². The number of aromatic nitrogens is 1. The smallest absolute Gasteiger partial charge is 0.265 e. The summed E-state index contributed by atoms with van der Waals surface area (Å²) >= 11 is 0. The van der Waals surface area contributed by atoms with Gasteiger partial charge >= 0.3 is 0 Å². The molecule has 4 aromatic rings. The number of anilines is 1. The molecule has 0 spiro atoms. The Balaban J connectivity index is 1.36. The maximum absolute atomic E-state index is 12.5.